The lowest BCUT2D eigenvalue weighted by atomic mass is 10.1. The Labute approximate surface area is 89.0 Å². The summed E-state index contributed by atoms with van der Waals surface area (Å²) in [5, 5.41) is 4.02. The molecule has 1 aliphatic heterocycles. The van der Waals surface area contributed by atoms with Crippen molar-refractivity contribution in [2.45, 2.75) is 6.92 Å². The predicted octanol–water partition coefficient (Wildman–Crippen LogP) is 2.34. The molecule has 0 amide bonds. The molecule has 0 aromatic heterocycles. The Kier molecular flexibility index (Phi) is 3.02. The number of ether oxygens (including phenoxy) is 1. The van der Waals surface area contributed by atoms with E-state index in [1.54, 1.807) is 0 Å². The van der Waals surface area contributed by atoms with Crippen LogP contribution in [0.3, 0.4) is 0 Å². The summed E-state index contributed by atoms with van der Waals surface area (Å²) < 4.78 is 5.50. The van der Waals surface area contributed by atoms with E-state index in [2.05, 4.69) is 5.16 Å². The molecule has 3 heteroatoms. The van der Waals surface area contributed by atoms with E-state index in [-0.39, 0.29) is 0 Å². The van der Waals surface area contributed by atoms with Gasteiger partial charge in [-0.05, 0) is 6.92 Å². The van der Waals surface area contributed by atoms with Crippen LogP contribution in [0.1, 0.15) is 12.5 Å². The van der Waals surface area contributed by atoms with Gasteiger partial charge in [-0.15, -0.1) is 0 Å². The Bertz CT molecular complexity index is 382. The fourth-order valence-corrected chi connectivity index (χ4v) is 1.43. The number of rotatable bonds is 3. The third-order valence-corrected chi connectivity index (χ3v) is 2.08. The summed E-state index contributed by atoms with van der Waals surface area (Å²) in [6.07, 6.45) is 1.90. The van der Waals surface area contributed by atoms with Crippen LogP contribution in [0.4, 0.5) is 0 Å². The third-order valence-electron chi connectivity index (χ3n) is 2.08. The zero-order valence-electron chi connectivity index (χ0n) is 8.64. The third kappa shape index (κ3) is 2.18. The summed E-state index contributed by atoms with van der Waals surface area (Å²) >= 11 is 0. The van der Waals surface area contributed by atoms with Gasteiger partial charge in [0.15, 0.2) is 5.71 Å². The van der Waals surface area contributed by atoms with Gasteiger partial charge in [0.1, 0.15) is 12.4 Å². The highest BCUT2D eigenvalue weighted by Crippen LogP contribution is 2.14. The molecule has 0 spiro atoms. The first-order valence-corrected chi connectivity index (χ1v) is 5.00. The van der Waals surface area contributed by atoms with Crippen LogP contribution in [-0.2, 0) is 9.57 Å². The second kappa shape index (κ2) is 4.64. The van der Waals surface area contributed by atoms with E-state index >= 15 is 0 Å². The summed E-state index contributed by atoms with van der Waals surface area (Å²) in [5.41, 5.74) is 1.78. The summed E-state index contributed by atoms with van der Waals surface area (Å²) in [4.78, 5) is 5.04. The minimum Gasteiger partial charge on any atom is -0.492 e. The average molecular weight is 203 g/mol. The molecule has 0 bridgehead atoms. The van der Waals surface area contributed by atoms with Crippen LogP contribution in [0.2, 0.25) is 0 Å². The van der Waals surface area contributed by atoms with Gasteiger partial charge in [-0.2, -0.15) is 0 Å². The van der Waals surface area contributed by atoms with Crippen molar-refractivity contribution < 1.29 is 9.57 Å². The van der Waals surface area contributed by atoms with Crippen LogP contribution < -0.4 is 0 Å². The Balaban J connectivity index is 2.27. The molecule has 1 aromatic carbocycles. The summed E-state index contributed by atoms with van der Waals surface area (Å²) in [5.74, 6) is 0.801. The van der Waals surface area contributed by atoms with Gasteiger partial charge in [-0.3, -0.25) is 0 Å². The highest BCUT2D eigenvalue weighted by atomic mass is 16.6. The smallest absolute Gasteiger partial charge is 0.151 e. The van der Waals surface area contributed by atoms with Crippen LogP contribution in [0.15, 0.2) is 47.3 Å². The summed E-state index contributed by atoms with van der Waals surface area (Å²) in [7, 11) is 0. The topological polar surface area (TPSA) is 30.8 Å². The second-order valence-electron chi connectivity index (χ2n) is 3.10. The maximum absolute atomic E-state index is 5.50. The molecule has 0 radical (unpaired) electrons. The molecule has 0 atom stereocenters. The standard InChI is InChI=1S/C12H13NO2/c1-2-14-11-8-9-15-13-12(11)10-6-4-3-5-7-10/h3-8H,2,9H2,1H3. The quantitative estimate of drug-likeness (QED) is 0.755. The first-order valence-electron chi connectivity index (χ1n) is 5.00. The molecule has 0 aliphatic carbocycles. The van der Waals surface area contributed by atoms with Crippen molar-refractivity contribution in [2.24, 2.45) is 5.16 Å². The molecule has 2 rings (SSSR count). The highest BCUT2D eigenvalue weighted by molar-refractivity contribution is 6.11. The van der Waals surface area contributed by atoms with E-state index in [0.29, 0.717) is 13.2 Å². The molecule has 1 aliphatic rings. The molecule has 0 unspecified atom stereocenters. The van der Waals surface area contributed by atoms with Crippen molar-refractivity contribution in [3.63, 3.8) is 0 Å². The van der Waals surface area contributed by atoms with Crippen LogP contribution in [0, 0.1) is 0 Å². The molecule has 0 saturated heterocycles. The van der Waals surface area contributed by atoms with Crippen LogP contribution in [0.25, 0.3) is 0 Å². The van der Waals surface area contributed by atoms with Crippen LogP contribution in [-0.4, -0.2) is 18.9 Å². The lowest BCUT2D eigenvalue weighted by molar-refractivity contribution is 0.156. The Hall–Kier alpha value is -1.77. The predicted molar refractivity (Wildman–Crippen MR) is 58.6 cm³/mol. The lowest BCUT2D eigenvalue weighted by Crippen LogP contribution is -2.13. The van der Waals surface area contributed by atoms with E-state index in [1.807, 2.05) is 43.3 Å². The van der Waals surface area contributed by atoms with E-state index in [4.69, 9.17) is 9.57 Å². The zero-order chi connectivity index (χ0) is 10.5. The number of nitrogens with zero attached hydrogens (tertiary/aromatic N) is 1. The molecule has 1 heterocycles. The van der Waals surface area contributed by atoms with Crippen molar-refractivity contribution >= 4 is 5.71 Å². The number of allylic oxidation sites excluding steroid dienone is 1. The van der Waals surface area contributed by atoms with E-state index in [1.165, 1.54) is 0 Å². The number of benzene rings is 1. The summed E-state index contributed by atoms with van der Waals surface area (Å²) in [6.45, 7) is 3.07. The maximum Gasteiger partial charge on any atom is 0.151 e. The van der Waals surface area contributed by atoms with E-state index in [9.17, 15) is 0 Å². The van der Waals surface area contributed by atoms with Gasteiger partial charge in [0.2, 0.25) is 0 Å². The monoisotopic (exact) mass is 203 g/mol. The zero-order valence-corrected chi connectivity index (χ0v) is 8.64. The number of oxime groups is 1. The van der Waals surface area contributed by atoms with Gasteiger partial charge in [0.05, 0.1) is 6.61 Å². The number of hydrogen-bond acceptors (Lipinski definition) is 3. The number of hydrogen-bond donors (Lipinski definition) is 0. The van der Waals surface area contributed by atoms with Crippen molar-refractivity contribution in [2.75, 3.05) is 13.2 Å². The van der Waals surface area contributed by atoms with Gasteiger partial charge in [-0.25, -0.2) is 0 Å². The van der Waals surface area contributed by atoms with Crippen LogP contribution >= 0.6 is 0 Å². The van der Waals surface area contributed by atoms with Gasteiger partial charge in [0, 0.05) is 11.6 Å². The van der Waals surface area contributed by atoms with Crippen molar-refractivity contribution in [1.82, 2.24) is 0 Å². The molecule has 1 aromatic rings. The summed E-state index contributed by atoms with van der Waals surface area (Å²) in [6, 6.07) is 9.88. The van der Waals surface area contributed by atoms with Gasteiger partial charge >= 0.3 is 0 Å². The molecule has 0 fully saturated rings. The molecular formula is C12H13NO2. The highest BCUT2D eigenvalue weighted by Gasteiger charge is 2.14. The Morgan fingerprint density at radius 2 is 2.13 bits per heavy atom. The minimum absolute atomic E-state index is 0.478. The van der Waals surface area contributed by atoms with Crippen molar-refractivity contribution in [3.8, 4) is 0 Å². The fourth-order valence-electron chi connectivity index (χ4n) is 1.43. The minimum atomic E-state index is 0.478. The molecule has 78 valence electrons. The second-order valence-corrected chi connectivity index (χ2v) is 3.10. The van der Waals surface area contributed by atoms with Gasteiger partial charge < -0.3 is 9.57 Å². The molecule has 0 N–H and O–H groups in total. The normalized spacial score (nSPS) is 15.0. The van der Waals surface area contributed by atoms with E-state index < -0.39 is 0 Å². The molecule has 15 heavy (non-hydrogen) atoms. The lowest BCUT2D eigenvalue weighted by Gasteiger charge is -2.14. The Morgan fingerprint density at radius 3 is 2.87 bits per heavy atom. The SMILES string of the molecule is CCOC1=CCON=C1c1ccccc1. The first kappa shape index (κ1) is 9.77. The van der Waals surface area contributed by atoms with Gasteiger partial charge in [-0.1, -0.05) is 35.5 Å². The van der Waals surface area contributed by atoms with Gasteiger partial charge in [0.25, 0.3) is 0 Å². The average Bonchev–Trinajstić information content (AvgIpc) is 2.31. The van der Waals surface area contributed by atoms with E-state index in [0.717, 1.165) is 17.0 Å². The fraction of sp³-hybridized carbons (Fsp3) is 0.250. The molecular weight excluding hydrogens is 190 g/mol. The molecule has 3 nitrogen and oxygen atoms in total. The van der Waals surface area contributed by atoms with Crippen molar-refractivity contribution in [3.05, 3.63) is 47.7 Å². The first-order chi connectivity index (χ1) is 7.42. The molecule has 0 saturated carbocycles. The largest absolute Gasteiger partial charge is 0.492 e. The Morgan fingerprint density at radius 1 is 1.33 bits per heavy atom. The maximum atomic E-state index is 5.50. The van der Waals surface area contributed by atoms with Crippen molar-refractivity contribution in [1.29, 1.82) is 0 Å². The van der Waals surface area contributed by atoms with Crippen LogP contribution in [0.5, 0.6) is 0 Å².